The molecule has 0 unspecified atom stereocenters. The number of rotatable bonds is 33. The number of primary amides is 1. The molecule has 0 fully saturated rings. The van der Waals surface area contributed by atoms with Crippen LogP contribution in [0.3, 0.4) is 0 Å². The average Bonchev–Trinajstić information content (AvgIpc) is 3.25. The van der Waals surface area contributed by atoms with E-state index in [2.05, 4.69) is 47.1 Å². The Morgan fingerprint density at radius 1 is 0.606 bits per heavy atom. The molecule has 0 saturated heterocycles. The van der Waals surface area contributed by atoms with E-state index in [1.54, 1.807) is 0 Å². The number of aliphatic hydroxyl groups is 1. The number of carbonyl (C=O) groups excluding carboxylic acids is 8. The fourth-order valence-corrected chi connectivity index (χ4v) is 6.47. The summed E-state index contributed by atoms with van der Waals surface area (Å²) in [5.74, 6) is -14.7. The lowest BCUT2D eigenvalue weighted by molar-refractivity contribution is -0.142. The second-order valence-electron chi connectivity index (χ2n) is 16.2. The largest absolute Gasteiger partial charge is 0.613 e. The lowest BCUT2D eigenvalue weighted by Gasteiger charge is -2.28. The molecule has 398 valence electrons. The van der Waals surface area contributed by atoms with Gasteiger partial charge in [0.25, 0.3) is 0 Å². The number of nitrogens with one attached hydrogen (secondary N) is 8. The molecule has 0 aliphatic rings. The van der Waals surface area contributed by atoms with Crippen LogP contribution < -0.4 is 70.0 Å². The molecule has 1 aromatic carbocycles. The highest BCUT2D eigenvalue weighted by Crippen LogP contribution is 2.45. The molecule has 0 aliphatic heterocycles. The van der Waals surface area contributed by atoms with Crippen molar-refractivity contribution in [1.29, 1.82) is 0 Å². The summed E-state index contributed by atoms with van der Waals surface area (Å²) in [5.41, 5.74) is 21.9. The van der Waals surface area contributed by atoms with Crippen molar-refractivity contribution in [3.8, 4) is 5.75 Å². The van der Waals surface area contributed by atoms with Crippen molar-refractivity contribution in [3.63, 3.8) is 0 Å². The predicted molar refractivity (Wildman–Crippen MR) is 243 cm³/mol. The molecule has 8 amide bonds. The van der Waals surface area contributed by atoms with Crippen molar-refractivity contribution >= 4 is 73.3 Å². The van der Waals surface area contributed by atoms with Gasteiger partial charge in [0, 0.05) is 12.8 Å². The lowest BCUT2D eigenvalue weighted by Crippen LogP contribution is -2.61. The molecule has 0 saturated carbocycles. The highest BCUT2D eigenvalue weighted by atomic mass is 31.2. The van der Waals surface area contributed by atoms with Gasteiger partial charge in [0.15, 0.2) is 5.75 Å². The number of aliphatic hydroxyl groups excluding tert-OH is 1. The molecule has 0 aromatic heterocycles. The first-order valence-corrected chi connectivity index (χ1v) is 23.0. The predicted octanol–water partition coefficient (Wildman–Crippen LogP) is -7.48. The molecule has 0 heterocycles. The Balaban J connectivity index is 3.53. The second kappa shape index (κ2) is 30.1. The van der Waals surface area contributed by atoms with Gasteiger partial charge in [-0.25, -0.2) is 0 Å². The second-order valence-corrected chi connectivity index (χ2v) is 17.4. The number of benzene rings is 1. The third kappa shape index (κ3) is 24.6. The summed E-state index contributed by atoms with van der Waals surface area (Å²) in [6.07, 6.45) is -4.48. The minimum absolute atomic E-state index is 0.119. The summed E-state index contributed by atoms with van der Waals surface area (Å²) >= 11 is 0. The number of carboxylic acid groups (broad SMARTS) is 3. The van der Waals surface area contributed by atoms with E-state index in [9.17, 15) is 82.7 Å². The van der Waals surface area contributed by atoms with Gasteiger partial charge in [0.1, 0.15) is 48.6 Å². The van der Waals surface area contributed by atoms with E-state index in [0.717, 1.165) is 19.1 Å². The Labute approximate surface area is 405 Å². The van der Waals surface area contributed by atoms with E-state index in [0.29, 0.717) is 0 Å². The van der Waals surface area contributed by atoms with Crippen LogP contribution in [0.5, 0.6) is 5.75 Å². The van der Waals surface area contributed by atoms with Gasteiger partial charge >= 0.3 is 26.1 Å². The number of nitrogens with two attached hydrogens (primary N) is 4. The zero-order chi connectivity index (χ0) is 54.3. The van der Waals surface area contributed by atoms with E-state index in [1.165, 1.54) is 26.0 Å². The summed E-state index contributed by atoms with van der Waals surface area (Å²) in [7, 11) is -4.75. The quantitative estimate of drug-likeness (QED) is 0.0177. The Morgan fingerprint density at radius 3 is 1.61 bits per heavy atom. The first-order chi connectivity index (χ1) is 32.9. The maximum atomic E-state index is 14.0. The van der Waals surface area contributed by atoms with Crippen molar-refractivity contribution in [2.45, 2.75) is 120 Å². The normalized spacial score (nSPS) is 14.7. The molecule has 0 aliphatic carbocycles. The van der Waals surface area contributed by atoms with Gasteiger partial charge in [-0.15, -0.1) is 0 Å². The van der Waals surface area contributed by atoms with Crippen LogP contribution >= 0.6 is 8.17 Å². The van der Waals surface area contributed by atoms with Crippen LogP contribution in [0, 0.1) is 5.92 Å². The van der Waals surface area contributed by atoms with Gasteiger partial charge in [-0.05, 0) is 56.3 Å². The molecule has 0 bridgehead atoms. The van der Waals surface area contributed by atoms with Gasteiger partial charge in [-0.3, -0.25) is 62.6 Å². The summed E-state index contributed by atoms with van der Waals surface area (Å²) in [6, 6.07) is -8.60. The standard InChI is InChI=1S/C39H63N12O19P/c1-17(2)30(51-36(63)26(16-52)50-33(60)23(10-11-28(54)55)46-31(58)21(40)14-27(41)53)37(64)49-25(15-29(56)57)35(62)48-24(13-19-6-8-20(9-7-19)70-71(67,68)69)34(61)47-22(5-4-12-44-39(42)43)32(59)45-18(3)38(65)66/h6-9,17-18,21-26,30,39,44,52,67-69H,4-5,10-16,40,42-43H2,1-3H3,(H11-,41,45,46,47,48,49,50,51,53,54,55,56,57,58,59,60,61,62,63,64,65,66)/p+1/t18-,21-,22-,23-,24-,25-,26-,30-/m0/s1. The Hall–Kier alpha value is -6.70. The van der Waals surface area contributed by atoms with Crippen molar-refractivity contribution in [2.75, 3.05) is 13.2 Å². The number of carboxylic acids is 3. The van der Waals surface area contributed by atoms with Crippen LogP contribution in [0.15, 0.2) is 24.3 Å². The molecular weight excluding hydrogens is 971 g/mol. The molecule has 1 aromatic rings. The highest BCUT2D eigenvalue weighted by Gasteiger charge is 2.37. The Bertz CT molecular complexity index is 2040. The Morgan fingerprint density at radius 2 is 1.10 bits per heavy atom. The molecule has 8 atom stereocenters. The zero-order valence-electron chi connectivity index (χ0n) is 38.7. The average molecular weight is 1040 g/mol. The van der Waals surface area contributed by atoms with Crippen LogP contribution in [0.2, 0.25) is 0 Å². The number of hydrogen-bond donors (Lipinski definition) is 19. The lowest BCUT2D eigenvalue weighted by atomic mass is 10.0. The van der Waals surface area contributed by atoms with Crippen LogP contribution in [-0.2, 0) is 59.2 Å². The minimum atomic E-state index is -4.75. The highest BCUT2D eigenvalue weighted by molar-refractivity contribution is 7.53. The van der Waals surface area contributed by atoms with E-state index in [-0.39, 0.29) is 30.7 Å². The summed E-state index contributed by atoms with van der Waals surface area (Å²) in [6.45, 7) is 2.94. The van der Waals surface area contributed by atoms with E-state index >= 15 is 0 Å². The molecule has 1 rings (SSSR count). The number of aliphatic carboxylic acids is 3. The van der Waals surface area contributed by atoms with Crippen molar-refractivity contribution in [1.82, 2.24) is 42.5 Å². The smallest absolute Gasteiger partial charge is 0.481 e. The third-order valence-electron chi connectivity index (χ3n) is 9.75. The summed E-state index contributed by atoms with van der Waals surface area (Å²) < 4.78 is 4.64. The van der Waals surface area contributed by atoms with E-state index in [1.807, 2.05) is 0 Å². The topological polar surface area (TPSA) is 539 Å². The molecule has 32 heteroatoms. The first kappa shape index (κ1) is 62.3. The maximum Gasteiger partial charge on any atom is 0.613 e. The maximum absolute atomic E-state index is 14.0. The van der Waals surface area contributed by atoms with Gasteiger partial charge < -0.3 is 80.6 Å². The summed E-state index contributed by atoms with van der Waals surface area (Å²) in [5, 5.41) is 56.7. The van der Waals surface area contributed by atoms with Crippen LogP contribution in [0.25, 0.3) is 0 Å². The number of hydrogen-bond acceptors (Lipinski definition) is 20. The molecular formula is C39H64N12O19P+. The van der Waals surface area contributed by atoms with Crippen molar-refractivity contribution < 1.29 is 92.4 Å². The van der Waals surface area contributed by atoms with Gasteiger partial charge in [0.05, 0.1) is 25.5 Å². The van der Waals surface area contributed by atoms with Gasteiger partial charge in [-0.1, -0.05) is 26.0 Å². The SMILES string of the molecule is CC(C)[C@H](NC(=O)[C@H](CO)NC(=O)[C@H](CCC(=O)O)NC(=O)[C@@H](N)CC(N)=O)C(=O)N[C@@H](CC(=O)O)C(=O)N[C@@H](Cc1ccc(O[P+](O)(O)O)cc1)C(=O)N[C@@H](CCCNC(N)N)C(=O)N[C@@H](C)C(=O)O. The summed E-state index contributed by atoms with van der Waals surface area (Å²) in [4.78, 5) is 168. The first-order valence-electron chi connectivity index (χ1n) is 21.5. The molecule has 0 radical (unpaired) electrons. The van der Waals surface area contributed by atoms with Crippen LogP contribution in [0.4, 0.5) is 0 Å². The van der Waals surface area contributed by atoms with E-state index in [4.69, 9.17) is 28.0 Å². The Kier molecular flexibility index (Phi) is 26.4. The third-order valence-corrected chi connectivity index (χ3v) is 10.2. The van der Waals surface area contributed by atoms with Gasteiger partial charge in [-0.2, -0.15) is 14.7 Å². The van der Waals surface area contributed by atoms with E-state index < -0.39 is 173 Å². The van der Waals surface area contributed by atoms with Crippen LogP contribution in [0.1, 0.15) is 64.9 Å². The van der Waals surface area contributed by atoms with Crippen molar-refractivity contribution in [3.05, 3.63) is 29.8 Å². The molecule has 71 heavy (non-hydrogen) atoms. The fourth-order valence-electron chi connectivity index (χ4n) is 6.06. The minimum Gasteiger partial charge on any atom is -0.481 e. The number of amides is 8. The molecule has 0 spiro atoms. The fraction of sp³-hybridized carbons (Fsp3) is 0.564. The van der Waals surface area contributed by atoms with Crippen LogP contribution in [-0.4, -0.2) is 168 Å². The molecule has 31 nitrogen and oxygen atoms in total. The zero-order valence-corrected chi connectivity index (χ0v) is 39.6. The van der Waals surface area contributed by atoms with Gasteiger partial charge in [0.2, 0.25) is 47.3 Å². The molecule has 23 N–H and O–H groups in total. The number of carbonyl (C=O) groups is 11. The monoisotopic (exact) mass is 1040 g/mol. The van der Waals surface area contributed by atoms with Crippen molar-refractivity contribution in [2.24, 2.45) is 28.9 Å².